The van der Waals surface area contributed by atoms with Gasteiger partial charge in [-0.05, 0) is 6.42 Å². The Morgan fingerprint density at radius 3 is 3.00 bits per heavy atom. The number of hydrogen-bond acceptors (Lipinski definition) is 6. The largest absolute Gasteiger partial charge is 0.475 e. The van der Waals surface area contributed by atoms with Crippen molar-refractivity contribution in [2.24, 2.45) is 5.84 Å². The number of nitrogens with two attached hydrogens (primary N) is 1. The van der Waals surface area contributed by atoms with Crippen LogP contribution in [0.2, 0.25) is 0 Å². The molecule has 3 N–H and O–H groups in total. The number of rotatable bonds is 7. The van der Waals surface area contributed by atoms with Crippen molar-refractivity contribution in [2.45, 2.75) is 13.3 Å². The van der Waals surface area contributed by atoms with Crippen molar-refractivity contribution >= 4 is 5.95 Å². The van der Waals surface area contributed by atoms with Crippen LogP contribution in [0.1, 0.15) is 13.3 Å². The number of nitrogens with zero attached hydrogens (tertiary/aromatic N) is 2. The number of aromatic nitrogens is 2. The molecular formula is C9H16N4O2. The monoisotopic (exact) mass is 212 g/mol. The Bertz CT molecular complexity index is 283. The molecule has 1 rings (SSSR count). The molecule has 1 aromatic rings. The number of nitrogen functional groups attached to an aromatic ring is 1. The summed E-state index contributed by atoms with van der Waals surface area (Å²) >= 11 is 0. The summed E-state index contributed by atoms with van der Waals surface area (Å²) in [4.78, 5) is 7.84. The van der Waals surface area contributed by atoms with Gasteiger partial charge in [-0.2, -0.15) is 4.98 Å². The summed E-state index contributed by atoms with van der Waals surface area (Å²) in [6.45, 7) is 3.84. The normalized spacial score (nSPS) is 10.0. The second-order valence-electron chi connectivity index (χ2n) is 2.82. The lowest BCUT2D eigenvalue weighted by molar-refractivity contribution is 0.0990. The molecule has 0 aromatic carbocycles. The molecule has 0 bridgehead atoms. The zero-order valence-electron chi connectivity index (χ0n) is 8.77. The van der Waals surface area contributed by atoms with Crippen LogP contribution in [-0.4, -0.2) is 29.8 Å². The Kier molecular flexibility index (Phi) is 5.42. The molecule has 1 heterocycles. The molecule has 0 spiro atoms. The maximum Gasteiger partial charge on any atom is 0.240 e. The van der Waals surface area contributed by atoms with Gasteiger partial charge in [0.2, 0.25) is 11.8 Å². The maximum absolute atomic E-state index is 5.32. The molecule has 0 aliphatic rings. The van der Waals surface area contributed by atoms with Gasteiger partial charge in [0, 0.05) is 18.9 Å². The summed E-state index contributed by atoms with van der Waals surface area (Å²) in [5, 5.41) is 0. The minimum Gasteiger partial charge on any atom is -0.475 e. The minimum atomic E-state index is 0.335. The third kappa shape index (κ3) is 4.57. The van der Waals surface area contributed by atoms with Gasteiger partial charge in [-0.25, -0.2) is 10.8 Å². The van der Waals surface area contributed by atoms with Crippen molar-refractivity contribution < 1.29 is 9.47 Å². The molecule has 0 aliphatic heterocycles. The Hall–Kier alpha value is -1.40. The molecule has 0 unspecified atom stereocenters. The third-order valence-corrected chi connectivity index (χ3v) is 1.59. The van der Waals surface area contributed by atoms with E-state index in [2.05, 4.69) is 22.3 Å². The van der Waals surface area contributed by atoms with Crippen molar-refractivity contribution in [3.8, 4) is 5.88 Å². The zero-order valence-corrected chi connectivity index (χ0v) is 8.77. The molecule has 6 nitrogen and oxygen atoms in total. The molecule has 15 heavy (non-hydrogen) atoms. The van der Waals surface area contributed by atoms with E-state index in [1.54, 1.807) is 12.3 Å². The Morgan fingerprint density at radius 2 is 2.27 bits per heavy atom. The van der Waals surface area contributed by atoms with E-state index in [1.165, 1.54) is 0 Å². The van der Waals surface area contributed by atoms with Gasteiger partial charge < -0.3 is 9.47 Å². The fraction of sp³-hybridized carbons (Fsp3) is 0.556. The van der Waals surface area contributed by atoms with Gasteiger partial charge in [-0.3, -0.25) is 5.43 Å². The smallest absolute Gasteiger partial charge is 0.240 e. The van der Waals surface area contributed by atoms with Crippen LogP contribution < -0.4 is 16.0 Å². The SMILES string of the molecule is CCCOCCOc1ccnc(NN)n1. The molecule has 0 saturated carbocycles. The van der Waals surface area contributed by atoms with E-state index in [0.29, 0.717) is 25.0 Å². The van der Waals surface area contributed by atoms with Gasteiger partial charge in [0.1, 0.15) is 6.61 Å². The van der Waals surface area contributed by atoms with Crippen LogP contribution in [0.25, 0.3) is 0 Å². The van der Waals surface area contributed by atoms with Crippen molar-refractivity contribution in [1.29, 1.82) is 0 Å². The summed E-state index contributed by atoms with van der Waals surface area (Å²) in [7, 11) is 0. The van der Waals surface area contributed by atoms with E-state index in [0.717, 1.165) is 13.0 Å². The van der Waals surface area contributed by atoms with Crippen LogP contribution in [0, 0.1) is 0 Å². The average Bonchev–Trinajstić information content (AvgIpc) is 2.29. The number of anilines is 1. The van der Waals surface area contributed by atoms with Crippen LogP contribution in [0.5, 0.6) is 5.88 Å². The highest BCUT2D eigenvalue weighted by Gasteiger charge is 1.97. The first-order valence-electron chi connectivity index (χ1n) is 4.87. The Morgan fingerprint density at radius 1 is 1.40 bits per heavy atom. The first-order chi connectivity index (χ1) is 7.36. The second-order valence-corrected chi connectivity index (χ2v) is 2.82. The van der Waals surface area contributed by atoms with E-state index >= 15 is 0 Å². The number of hydrazine groups is 1. The first-order valence-corrected chi connectivity index (χ1v) is 4.87. The Balaban J connectivity index is 2.24. The van der Waals surface area contributed by atoms with E-state index in [-0.39, 0.29) is 0 Å². The standard InChI is InChI=1S/C9H16N4O2/c1-2-5-14-6-7-15-8-3-4-11-9(12-8)13-10/h3-4H,2,5-7,10H2,1H3,(H,11,12,13). The highest BCUT2D eigenvalue weighted by atomic mass is 16.5. The molecule has 84 valence electrons. The van der Waals surface area contributed by atoms with Crippen LogP contribution in [0.3, 0.4) is 0 Å². The molecule has 0 atom stereocenters. The van der Waals surface area contributed by atoms with E-state index < -0.39 is 0 Å². The lowest BCUT2D eigenvalue weighted by atomic mass is 10.5. The summed E-state index contributed by atoms with van der Waals surface area (Å²) in [5.74, 6) is 5.98. The fourth-order valence-electron chi connectivity index (χ4n) is 0.944. The number of hydrogen-bond donors (Lipinski definition) is 2. The van der Waals surface area contributed by atoms with Crippen molar-refractivity contribution in [3.63, 3.8) is 0 Å². The minimum absolute atomic E-state index is 0.335. The summed E-state index contributed by atoms with van der Waals surface area (Å²) < 4.78 is 10.6. The van der Waals surface area contributed by atoms with Gasteiger partial charge in [0.05, 0.1) is 6.61 Å². The van der Waals surface area contributed by atoms with Crippen molar-refractivity contribution in [1.82, 2.24) is 9.97 Å². The summed E-state index contributed by atoms with van der Waals surface area (Å²) in [5.41, 5.74) is 2.34. The van der Waals surface area contributed by atoms with Crippen LogP contribution in [0.4, 0.5) is 5.95 Å². The molecule has 0 radical (unpaired) electrons. The lowest BCUT2D eigenvalue weighted by Crippen LogP contribution is -2.12. The van der Waals surface area contributed by atoms with Gasteiger partial charge in [0.15, 0.2) is 0 Å². The van der Waals surface area contributed by atoms with Gasteiger partial charge >= 0.3 is 0 Å². The van der Waals surface area contributed by atoms with Crippen LogP contribution in [-0.2, 0) is 4.74 Å². The highest BCUT2D eigenvalue weighted by Crippen LogP contribution is 2.06. The zero-order chi connectivity index (χ0) is 10.9. The van der Waals surface area contributed by atoms with Gasteiger partial charge in [0.25, 0.3) is 0 Å². The van der Waals surface area contributed by atoms with Gasteiger partial charge in [-0.15, -0.1) is 0 Å². The topological polar surface area (TPSA) is 82.3 Å². The highest BCUT2D eigenvalue weighted by molar-refractivity contribution is 5.25. The lowest BCUT2D eigenvalue weighted by Gasteiger charge is -2.06. The van der Waals surface area contributed by atoms with Crippen molar-refractivity contribution in [3.05, 3.63) is 12.3 Å². The number of nitrogens with one attached hydrogen (secondary N) is 1. The first kappa shape index (κ1) is 11.7. The van der Waals surface area contributed by atoms with E-state index in [4.69, 9.17) is 15.3 Å². The van der Waals surface area contributed by atoms with Crippen LogP contribution >= 0.6 is 0 Å². The van der Waals surface area contributed by atoms with Crippen molar-refractivity contribution in [2.75, 3.05) is 25.2 Å². The molecular weight excluding hydrogens is 196 g/mol. The quantitative estimate of drug-likeness (QED) is 0.390. The number of ether oxygens (including phenoxy) is 2. The fourth-order valence-corrected chi connectivity index (χ4v) is 0.944. The van der Waals surface area contributed by atoms with Crippen LogP contribution in [0.15, 0.2) is 12.3 Å². The molecule has 1 aromatic heterocycles. The predicted octanol–water partition coefficient (Wildman–Crippen LogP) is 0.568. The molecule has 0 aliphatic carbocycles. The summed E-state index contributed by atoms with van der Waals surface area (Å²) in [6, 6.07) is 1.67. The maximum atomic E-state index is 5.32. The molecule has 0 amide bonds. The van der Waals surface area contributed by atoms with Gasteiger partial charge in [-0.1, -0.05) is 6.92 Å². The predicted molar refractivity (Wildman–Crippen MR) is 56.4 cm³/mol. The summed E-state index contributed by atoms with van der Waals surface area (Å²) in [6.07, 6.45) is 2.58. The molecule has 0 saturated heterocycles. The third-order valence-electron chi connectivity index (χ3n) is 1.59. The van der Waals surface area contributed by atoms with E-state index in [1.807, 2.05) is 0 Å². The average molecular weight is 212 g/mol. The van der Waals surface area contributed by atoms with E-state index in [9.17, 15) is 0 Å². The Labute approximate surface area is 88.8 Å². The molecule has 6 heteroatoms. The molecule has 0 fully saturated rings. The second kappa shape index (κ2) is 6.97.